The second-order valence-corrected chi connectivity index (χ2v) is 4.29. The van der Waals surface area contributed by atoms with Crippen LogP contribution in [0.1, 0.15) is 20.3 Å². The van der Waals surface area contributed by atoms with Crippen LogP contribution in [0.4, 0.5) is 4.39 Å². The third kappa shape index (κ3) is 4.81. The fourth-order valence-corrected chi connectivity index (χ4v) is 1.39. The number of hydrogen-bond acceptors (Lipinski definition) is 2. The lowest BCUT2D eigenvalue weighted by Crippen LogP contribution is -2.24. The van der Waals surface area contributed by atoms with E-state index in [0.29, 0.717) is 18.4 Å². The Balaban J connectivity index is 2.24. The summed E-state index contributed by atoms with van der Waals surface area (Å²) in [4.78, 5) is 0. The minimum absolute atomic E-state index is 0.0952. The molecule has 0 bridgehead atoms. The van der Waals surface area contributed by atoms with Gasteiger partial charge in [-0.05, 0) is 25.1 Å². The fourth-order valence-electron chi connectivity index (χ4n) is 1.22. The lowest BCUT2D eigenvalue weighted by atomic mass is 10.3. The Hall–Kier alpha value is -0.800. The maximum atomic E-state index is 12.8. The van der Waals surface area contributed by atoms with E-state index in [1.165, 1.54) is 12.1 Å². The van der Waals surface area contributed by atoms with Crippen molar-refractivity contribution < 1.29 is 9.13 Å². The summed E-state index contributed by atoms with van der Waals surface area (Å²) in [5.41, 5.74) is 0. The highest BCUT2D eigenvalue weighted by Crippen LogP contribution is 2.20. The van der Waals surface area contributed by atoms with Gasteiger partial charge in [0.2, 0.25) is 0 Å². The van der Waals surface area contributed by atoms with E-state index in [0.717, 1.165) is 13.0 Å². The maximum absolute atomic E-state index is 12.8. The predicted octanol–water partition coefficient (Wildman–Crippen LogP) is 3.25. The van der Waals surface area contributed by atoms with Crippen LogP contribution in [-0.4, -0.2) is 19.2 Å². The van der Waals surface area contributed by atoms with Crippen LogP contribution in [-0.2, 0) is 0 Å². The number of rotatable bonds is 6. The first-order valence-electron chi connectivity index (χ1n) is 5.41. The molecule has 0 saturated heterocycles. The minimum Gasteiger partial charge on any atom is -0.493 e. The van der Waals surface area contributed by atoms with Crippen molar-refractivity contribution in [3.05, 3.63) is 29.0 Å². The highest BCUT2D eigenvalue weighted by atomic mass is 35.5. The molecular formula is C12H17ClFNO. The molecule has 0 atom stereocenters. The molecule has 0 spiro atoms. The molecule has 0 amide bonds. The van der Waals surface area contributed by atoms with Gasteiger partial charge in [-0.1, -0.05) is 25.4 Å². The monoisotopic (exact) mass is 245 g/mol. The van der Waals surface area contributed by atoms with Crippen LogP contribution in [0, 0.1) is 5.82 Å². The van der Waals surface area contributed by atoms with E-state index in [4.69, 9.17) is 16.3 Å². The van der Waals surface area contributed by atoms with Crippen LogP contribution in [0.3, 0.4) is 0 Å². The van der Waals surface area contributed by atoms with Gasteiger partial charge in [-0.3, -0.25) is 0 Å². The van der Waals surface area contributed by atoms with Gasteiger partial charge in [0.05, 0.1) is 11.6 Å². The van der Waals surface area contributed by atoms with Gasteiger partial charge in [0.25, 0.3) is 0 Å². The molecular weight excluding hydrogens is 229 g/mol. The summed E-state index contributed by atoms with van der Waals surface area (Å²) < 4.78 is 18.3. The van der Waals surface area contributed by atoms with Gasteiger partial charge in [-0.25, -0.2) is 4.39 Å². The van der Waals surface area contributed by atoms with Gasteiger partial charge in [-0.2, -0.15) is 0 Å². The normalized spacial score (nSPS) is 10.8. The average Bonchev–Trinajstić information content (AvgIpc) is 2.22. The summed E-state index contributed by atoms with van der Waals surface area (Å²) in [6, 6.07) is 4.87. The Kier molecular flexibility index (Phi) is 5.56. The van der Waals surface area contributed by atoms with Crippen molar-refractivity contribution >= 4 is 11.6 Å². The molecule has 0 aliphatic heterocycles. The molecule has 1 N–H and O–H groups in total. The highest BCUT2D eigenvalue weighted by molar-refractivity contribution is 6.30. The van der Waals surface area contributed by atoms with Gasteiger partial charge in [0, 0.05) is 12.1 Å². The van der Waals surface area contributed by atoms with Gasteiger partial charge >= 0.3 is 0 Å². The number of benzene rings is 1. The summed E-state index contributed by atoms with van der Waals surface area (Å²) in [5, 5.41) is 3.38. The van der Waals surface area contributed by atoms with E-state index in [1.807, 2.05) is 0 Å². The van der Waals surface area contributed by atoms with E-state index < -0.39 is 5.82 Å². The van der Waals surface area contributed by atoms with Crippen LogP contribution < -0.4 is 10.1 Å². The summed E-state index contributed by atoms with van der Waals surface area (Å²) in [7, 11) is 0. The molecule has 0 aliphatic rings. The molecule has 0 heterocycles. The van der Waals surface area contributed by atoms with Crippen LogP contribution in [0.15, 0.2) is 18.2 Å². The lowest BCUT2D eigenvalue weighted by molar-refractivity contribution is 0.306. The molecule has 90 valence electrons. The molecule has 0 fully saturated rings. The van der Waals surface area contributed by atoms with E-state index in [2.05, 4.69) is 19.2 Å². The standard InChI is InChI=1S/C12H17ClFNO/c1-9(2)15-6-3-7-16-10-4-5-12(14)11(13)8-10/h4-5,8-9,15H,3,6-7H2,1-2H3. The average molecular weight is 246 g/mol. The molecule has 0 radical (unpaired) electrons. The Bertz CT molecular complexity index is 331. The quantitative estimate of drug-likeness (QED) is 0.777. The zero-order chi connectivity index (χ0) is 12.0. The van der Waals surface area contributed by atoms with Crippen molar-refractivity contribution in [2.24, 2.45) is 0 Å². The van der Waals surface area contributed by atoms with Crippen LogP contribution in [0.25, 0.3) is 0 Å². The van der Waals surface area contributed by atoms with Crippen molar-refractivity contribution in [3.63, 3.8) is 0 Å². The molecule has 0 aromatic heterocycles. The SMILES string of the molecule is CC(C)NCCCOc1ccc(F)c(Cl)c1. The summed E-state index contributed by atoms with van der Waals surface area (Å²) in [6.07, 6.45) is 0.910. The third-order valence-corrected chi connectivity index (χ3v) is 2.32. The largest absolute Gasteiger partial charge is 0.493 e. The molecule has 16 heavy (non-hydrogen) atoms. The van der Waals surface area contributed by atoms with Crippen LogP contribution >= 0.6 is 11.6 Å². The first-order chi connectivity index (χ1) is 7.59. The Morgan fingerprint density at radius 1 is 1.44 bits per heavy atom. The molecule has 4 heteroatoms. The second-order valence-electron chi connectivity index (χ2n) is 3.89. The van der Waals surface area contributed by atoms with Crippen molar-refractivity contribution in [2.75, 3.05) is 13.2 Å². The zero-order valence-corrected chi connectivity index (χ0v) is 10.4. The van der Waals surface area contributed by atoms with Crippen LogP contribution in [0.2, 0.25) is 5.02 Å². The summed E-state index contributed by atoms with van der Waals surface area (Å²) >= 11 is 5.63. The topological polar surface area (TPSA) is 21.3 Å². The van der Waals surface area contributed by atoms with E-state index >= 15 is 0 Å². The molecule has 0 saturated carbocycles. The maximum Gasteiger partial charge on any atom is 0.142 e. The van der Waals surface area contributed by atoms with E-state index in [9.17, 15) is 4.39 Å². The predicted molar refractivity (Wildman–Crippen MR) is 64.7 cm³/mol. The van der Waals surface area contributed by atoms with Crippen molar-refractivity contribution in [1.29, 1.82) is 0 Å². The zero-order valence-electron chi connectivity index (χ0n) is 9.59. The van der Waals surface area contributed by atoms with Crippen LogP contribution in [0.5, 0.6) is 5.75 Å². The molecule has 0 unspecified atom stereocenters. The Morgan fingerprint density at radius 2 is 2.19 bits per heavy atom. The molecule has 1 aromatic carbocycles. The fraction of sp³-hybridized carbons (Fsp3) is 0.500. The number of ether oxygens (including phenoxy) is 1. The highest BCUT2D eigenvalue weighted by Gasteiger charge is 2.01. The van der Waals surface area contributed by atoms with Gasteiger partial charge < -0.3 is 10.1 Å². The number of hydrogen-bond donors (Lipinski definition) is 1. The Labute approximate surface area is 101 Å². The van der Waals surface area contributed by atoms with Crippen molar-refractivity contribution in [3.8, 4) is 5.75 Å². The van der Waals surface area contributed by atoms with Crippen molar-refractivity contribution in [2.45, 2.75) is 26.3 Å². The van der Waals surface area contributed by atoms with Crippen molar-refractivity contribution in [1.82, 2.24) is 5.32 Å². The molecule has 2 nitrogen and oxygen atoms in total. The number of nitrogens with one attached hydrogen (secondary N) is 1. The second kappa shape index (κ2) is 6.71. The summed E-state index contributed by atoms with van der Waals surface area (Å²) in [5.74, 6) is 0.187. The van der Waals surface area contributed by atoms with E-state index in [1.54, 1.807) is 6.07 Å². The first-order valence-corrected chi connectivity index (χ1v) is 5.78. The molecule has 1 rings (SSSR count). The van der Waals surface area contributed by atoms with Gasteiger partial charge in [0.1, 0.15) is 11.6 Å². The lowest BCUT2D eigenvalue weighted by Gasteiger charge is -2.09. The van der Waals surface area contributed by atoms with Gasteiger partial charge in [-0.15, -0.1) is 0 Å². The van der Waals surface area contributed by atoms with Gasteiger partial charge in [0.15, 0.2) is 0 Å². The first kappa shape index (κ1) is 13.3. The molecule has 0 aliphatic carbocycles. The Morgan fingerprint density at radius 3 is 2.81 bits per heavy atom. The summed E-state index contributed by atoms with van der Waals surface area (Å²) in [6.45, 7) is 5.70. The minimum atomic E-state index is -0.421. The third-order valence-electron chi connectivity index (χ3n) is 2.03. The van der Waals surface area contributed by atoms with E-state index in [-0.39, 0.29) is 5.02 Å². The number of halogens is 2. The smallest absolute Gasteiger partial charge is 0.142 e. The molecule has 1 aromatic rings.